The van der Waals surface area contributed by atoms with Crippen molar-refractivity contribution in [3.63, 3.8) is 0 Å². The maximum absolute atomic E-state index is 13.9. The third-order valence-electron chi connectivity index (χ3n) is 8.45. The number of fused-ring (bicyclic) bond motifs is 3. The molecule has 10 nitrogen and oxygen atoms in total. The Morgan fingerprint density at radius 3 is 2.50 bits per heavy atom. The minimum absolute atomic E-state index is 0. The van der Waals surface area contributed by atoms with Gasteiger partial charge in [0.2, 0.25) is 17.7 Å². The van der Waals surface area contributed by atoms with Gasteiger partial charge in [0, 0.05) is 38.2 Å². The largest absolute Gasteiger partial charge is 0.345 e. The predicted molar refractivity (Wildman–Crippen MR) is 161 cm³/mol. The third-order valence-corrected chi connectivity index (χ3v) is 8.45. The Hall–Kier alpha value is -3.76. The average molecular weight is 592 g/mol. The van der Waals surface area contributed by atoms with Crippen molar-refractivity contribution in [3.05, 3.63) is 71.5 Å². The Kier molecular flexibility index (Phi) is 9.23. The Morgan fingerprint density at radius 1 is 0.929 bits per heavy atom. The zero-order chi connectivity index (χ0) is 28.3. The molecule has 3 amide bonds. The molecule has 2 N–H and O–H groups in total. The summed E-state index contributed by atoms with van der Waals surface area (Å²) < 4.78 is 1.82. The van der Waals surface area contributed by atoms with E-state index in [0.717, 1.165) is 12.0 Å². The molecule has 4 heterocycles. The van der Waals surface area contributed by atoms with Crippen LogP contribution in [0.1, 0.15) is 55.6 Å². The van der Waals surface area contributed by atoms with Crippen LogP contribution in [0.3, 0.4) is 0 Å². The van der Waals surface area contributed by atoms with Crippen LogP contribution >= 0.6 is 12.4 Å². The molecule has 42 heavy (non-hydrogen) atoms. The normalized spacial score (nSPS) is 23.1. The van der Waals surface area contributed by atoms with Gasteiger partial charge >= 0.3 is 0 Å². The molecule has 222 valence electrons. The van der Waals surface area contributed by atoms with Gasteiger partial charge in [0.25, 0.3) is 0 Å². The van der Waals surface area contributed by atoms with Crippen LogP contribution in [0.25, 0.3) is 11.4 Å². The van der Waals surface area contributed by atoms with Crippen LogP contribution in [-0.2, 0) is 33.9 Å². The lowest BCUT2D eigenvalue weighted by atomic mass is 9.95. The fourth-order valence-electron chi connectivity index (χ4n) is 6.22. The van der Waals surface area contributed by atoms with E-state index in [1.165, 1.54) is 11.1 Å². The van der Waals surface area contributed by atoms with Crippen molar-refractivity contribution >= 4 is 30.1 Å². The number of carbonyl (C=O) groups excluding carboxylic acids is 3. The van der Waals surface area contributed by atoms with Gasteiger partial charge in [0.1, 0.15) is 11.9 Å². The minimum atomic E-state index is -0.484. The van der Waals surface area contributed by atoms with Crippen molar-refractivity contribution in [3.8, 4) is 11.4 Å². The first-order valence-corrected chi connectivity index (χ1v) is 14.7. The topological polar surface area (TPSA) is 112 Å². The van der Waals surface area contributed by atoms with Gasteiger partial charge in [-0.2, -0.15) is 5.10 Å². The molecule has 3 aromatic rings. The number of amides is 3. The molecule has 0 saturated carbocycles. The van der Waals surface area contributed by atoms with E-state index in [4.69, 9.17) is 10.1 Å². The molecule has 11 heteroatoms. The van der Waals surface area contributed by atoms with Crippen molar-refractivity contribution in [2.75, 3.05) is 19.6 Å². The Labute approximate surface area is 252 Å². The van der Waals surface area contributed by atoms with Crippen LogP contribution in [0.5, 0.6) is 0 Å². The van der Waals surface area contributed by atoms with Gasteiger partial charge in [-0.15, -0.1) is 12.4 Å². The quantitative estimate of drug-likeness (QED) is 0.474. The van der Waals surface area contributed by atoms with Gasteiger partial charge in [-0.25, -0.2) is 9.67 Å². The van der Waals surface area contributed by atoms with Crippen LogP contribution in [0, 0.1) is 0 Å². The van der Waals surface area contributed by atoms with Crippen LogP contribution < -0.4 is 10.6 Å². The molecule has 0 bridgehead atoms. The molecular formula is C31H38ClN7O3. The lowest BCUT2D eigenvalue weighted by molar-refractivity contribution is -0.139. The molecular weight excluding hydrogens is 554 g/mol. The van der Waals surface area contributed by atoms with Gasteiger partial charge in [-0.05, 0) is 43.7 Å². The number of rotatable bonds is 2. The standard InChI is InChI=1S/C31H37N7O3.ClH/c1-21-29-34-28(22-9-3-2-4-10-22)35-38(29)18-17-36(31(41)25-19-23-11-5-6-12-24(23)20-32-25)15-8-14-27(39)37-16-7-13-26(37)30(40)33-21;/h2-6,9-12,21,25-26,32H,7-8,13-20H2,1H3,(H,33,40);1H/t21-,25+,26-;/m0./s1. The fourth-order valence-corrected chi connectivity index (χ4v) is 6.22. The highest BCUT2D eigenvalue weighted by molar-refractivity contribution is 5.88. The van der Waals surface area contributed by atoms with Crippen molar-refractivity contribution < 1.29 is 14.4 Å². The molecule has 3 aliphatic heterocycles. The Bertz CT molecular complexity index is 1430. The second-order valence-corrected chi connectivity index (χ2v) is 11.2. The predicted octanol–water partition coefficient (Wildman–Crippen LogP) is 2.87. The molecule has 1 aromatic heterocycles. The summed E-state index contributed by atoms with van der Waals surface area (Å²) in [6.07, 6.45) is 2.92. The van der Waals surface area contributed by atoms with Crippen LogP contribution in [0.4, 0.5) is 0 Å². The Balaban J connectivity index is 0.00000353. The van der Waals surface area contributed by atoms with Gasteiger partial charge < -0.3 is 20.4 Å². The summed E-state index contributed by atoms with van der Waals surface area (Å²) in [5, 5.41) is 11.3. The van der Waals surface area contributed by atoms with Crippen LogP contribution in [-0.4, -0.2) is 74.0 Å². The van der Waals surface area contributed by atoms with E-state index in [2.05, 4.69) is 22.8 Å². The third kappa shape index (κ3) is 6.19. The molecule has 2 aromatic carbocycles. The number of nitrogens with one attached hydrogen (secondary N) is 2. The monoisotopic (exact) mass is 591 g/mol. The van der Waals surface area contributed by atoms with Crippen molar-refractivity contribution in [1.29, 1.82) is 0 Å². The minimum Gasteiger partial charge on any atom is -0.345 e. The molecule has 0 aliphatic carbocycles. The number of halogens is 1. The van der Waals surface area contributed by atoms with Gasteiger partial charge in [0.15, 0.2) is 5.82 Å². The molecule has 3 atom stereocenters. The van der Waals surface area contributed by atoms with Gasteiger partial charge in [-0.3, -0.25) is 14.4 Å². The maximum atomic E-state index is 13.9. The molecule has 0 radical (unpaired) electrons. The van der Waals surface area contributed by atoms with E-state index in [9.17, 15) is 14.4 Å². The molecule has 0 unspecified atom stereocenters. The van der Waals surface area contributed by atoms with Crippen molar-refractivity contribution in [2.24, 2.45) is 0 Å². The van der Waals surface area contributed by atoms with E-state index < -0.39 is 12.1 Å². The smallest absolute Gasteiger partial charge is 0.243 e. The van der Waals surface area contributed by atoms with E-state index in [1.54, 1.807) is 4.90 Å². The summed E-state index contributed by atoms with van der Waals surface area (Å²) in [4.78, 5) is 48.7. The first-order valence-electron chi connectivity index (χ1n) is 14.7. The Morgan fingerprint density at radius 2 is 1.69 bits per heavy atom. The van der Waals surface area contributed by atoms with Crippen LogP contribution in [0.15, 0.2) is 54.6 Å². The molecule has 0 spiro atoms. The number of aromatic nitrogens is 3. The highest BCUT2D eigenvalue weighted by Crippen LogP contribution is 2.24. The molecule has 1 saturated heterocycles. The summed E-state index contributed by atoms with van der Waals surface area (Å²) >= 11 is 0. The summed E-state index contributed by atoms with van der Waals surface area (Å²) in [6, 6.07) is 16.7. The summed E-state index contributed by atoms with van der Waals surface area (Å²) in [6.45, 7) is 4.43. The van der Waals surface area contributed by atoms with E-state index >= 15 is 0 Å². The summed E-state index contributed by atoms with van der Waals surface area (Å²) in [7, 11) is 0. The van der Waals surface area contributed by atoms with Crippen molar-refractivity contribution in [2.45, 2.75) is 70.2 Å². The second kappa shape index (κ2) is 13.0. The number of carbonyl (C=O) groups is 3. The lowest BCUT2D eigenvalue weighted by Gasteiger charge is -2.32. The SMILES string of the molecule is C[C@@H]1NC(=O)[C@@H]2CCCN2C(=O)CCCN(C(=O)[C@H]2Cc3ccccc3CN2)CCn2nc(-c3ccccc3)nc21.Cl. The zero-order valence-corrected chi connectivity index (χ0v) is 24.7. The molecule has 6 rings (SSSR count). The summed E-state index contributed by atoms with van der Waals surface area (Å²) in [5.74, 6) is 1.05. The van der Waals surface area contributed by atoms with Gasteiger partial charge in [-0.1, -0.05) is 54.6 Å². The fraction of sp³-hybridized carbons (Fsp3) is 0.452. The first kappa shape index (κ1) is 29.7. The average Bonchev–Trinajstić information content (AvgIpc) is 3.66. The number of hydrogen-bond donors (Lipinski definition) is 2. The highest BCUT2D eigenvalue weighted by Gasteiger charge is 2.35. The van der Waals surface area contributed by atoms with Gasteiger partial charge in [0.05, 0.1) is 18.6 Å². The lowest BCUT2D eigenvalue weighted by Crippen LogP contribution is -2.51. The maximum Gasteiger partial charge on any atom is 0.243 e. The molecule has 1 fully saturated rings. The summed E-state index contributed by atoms with van der Waals surface area (Å²) in [5.41, 5.74) is 3.30. The molecule has 3 aliphatic rings. The van der Waals surface area contributed by atoms with E-state index in [-0.39, 0.29) is 36.2 Å². The van der Waals surface area contributed by atoms with E-state index in [1.807, 2.05) is 59.0 Å². The van der Waals surface area contributed by atoms with Crippen LogP contribution in [0.2, 0.25) is 0 Å². The zero-order valence-electron chi connectivity index (χ0n) is 23.9. The number of hydrogen-bond acceptors (Lipinski definition) is 6. The number of benzene rings is 2. The first-order chi connectivity index (χ1) is 20.0. The second-order valence-electron chi connectivity index (χ2n) is 11.2. The highest BCUT2D eigenvalue weighted by atomic mass is 35.5. The number of nitrogens with zero attached hydrogens (tertiary/aromatic N) is 5. The van der Waals surface area contributed by atoms with E-state index in [0.29, 0.717) is 70.1 Å². The van der Waals surface area contributed by atoms with Crippen molar-refractivity contribution in [1.82, 2.24) is 35.2 Å².